The van der Waals surface area contributed by atoms with Gasteiger partial charge in [0.15, 0.2) is 0 Å². The Kier molecular flexibility index (Phi) is 3.87. The molecule has 0 unspecified atom stereocenters. The Balaban J connectivity index is 3.20. The van der Waals surface area contributed by atoms with Crippen LogP contribution in [0.2, 0.25) is 0 Å². The summed E-state index contributed by atoms with van der Waals surface area (Å²) in [7, 11) is 0. The number of benzene rings is 1. The number of hydrogen-bond acceptors (Lipinski definition) is 5. The molecule has 4 N–H and O–H groups in total. The van der Waals surface area contributed by atoms with Gasteiger partial charge in [0, 0.05) is 11.6 Å². The smallest absolute Gasteiger partial charge is 0.293 e. The van der Waals surface area contributed by atoms with Crippen LogP contribution in [0.15, 0.2) is 18.2 Å². The van der Waals surface area contributed by atoms with E-state index < -0.39 is 16.4 Å². The zero-order chi connectivity index (χ0) is 13.9. The summed E-state index contributed by atoms with van der Waals surface area (Å²) >= 11 is 0. The third kappa shape index (κ3) is 3.17. The summed E-state index contributed by atoms with van der Waals surface area (Å²) in [5.74, 6) is -0.730. The number of aliphatic hydroxyl groups is 1. The summed E-state index contributed by atoms with van der Waals surface area (Å²) in [6, 6.07) is 3.90. The molecule has 0 saturated carbocycles. The number of nitro groups is 1. The standard InChI is InChI=1S/C11H15N3O4/c1-11(2,6-15)13-8-4-3-7(10(12)16)5-9(8)14(17)18/h3-5,13,15H,6H2,1-2H3,(H2,12,16). The zero-order valence-corrected chi connectivity index (χ0v) is 10.1. The fraction of sp³-hybridized carbons (Fsp3) is 0.364. The molecular formula is C11H15N3O4. The molecule has 0 fully saturated rings. The van der Waals surface area contributed by atoms with Crippen molar-refractivity contribution in [2.45, 2.75) is 19.4 Å². The molecule has 1 amide bonds. The van der Waals surface area contributed by atoms with Crippen LogP contribution in [-0.4, -0.2) is 28.1 Å². The van der Waals surface area contributed by atoms with Crippen molar-refractivity contribution in [3.63, 3.8) is 0 Å². The molecule has 0 spiro atoms. The van der Waals surface area contributed by atoms with Crippen LogP contribution in [0.1, 0.15) is 24.2 Å². The molecule has 0 radical (unpaired) electrons. The second-order valence-corrected chi connectivity index (χ2v) is 4.52. The Morgan fingerprint density at radius 1 is 1.56 bits per heavy atom. The van der Waals surface area contributed by atoms with Crippen molar-refractivity contribution in [3.8, 4) is 0 Å². The van der Waals surface area contributed by atoms with Gasteiger partial charge in [-0.1, -0.05) is 0 Å². The third-order valence-corrected chi connectivity index (χ3v) is 2.35. The SMILES string of the molecule is CC(C)(CO)Nc1ccc(C(N)=O)cc1[N+](=O)[O-]. The lowest BCUT2D eigenvalue weighted by Gasteiger charge is -2.24. The van der Waals surface area contributed by atoms with Crippen molar-refractivity contribution in [1.29, 1.82) is 0 Å². The average molecular weight is 253 g/mol. The molecule has 7 nitrogen and oxygen atoms in total. The first-order valence-electron chi connectivity index (χ1n) is 5.24. The number of primary amides is 1. The fourth-order valence-electron chi connectivity index (χ4n) is 1.35. The molecular weight excluding hydrogens is 238 g/mol. The minimum absolute atomic E-state index is 0.0639. The lowest BCUT2D eigenvalue weighted by Crippen LogP contribution is -2.35. The van der Waals surface area contributed by atoms with Crippen LogP contribution in [0.5, 0.6) is 0 Å². The van der Waals surface area contributed by atoms with Crippen LogP contribution in [0.4, 0.5) is 11.4 Å². The van der Waals surface area contributed by atoms with Crippen LogP contribution >= 0.6 is 0 Å². The fourth-order valence-corrected chi connectivity index (χ4v) is 1.35. The van der Waals surface area contributed by atoms with E-state index in [9.17, 15) is 14.9 Å². The van der Waals surface area contributed by atoms with Gasteiger partial charge in [-0.2, -0.15) is 0 Å². The van der Waals surface area contributed by atoms with E-state index in [0.29, 0.717) is 0 Å². The predicted molar refractivity (Wildman–Crippen MR) is 66.4 cm³/mol. The number of carbonyl (C=O) groups is 1. The Labute approximate surface area is 104 Å². The summed E-state index contributed by atoms with van der Waals surface area (Å²) in [6.45, 7) is 3.19. The van der Waals surface area contributed by atoms with E-state index >= 15 is 0 Å². The first-order valence-corrected chi connectivity index (χ1v) is 5.24. The predicted octanol–water partition coefficient (Wildman–Crippen LogP) is 0.876. The van der Waals surface area contributed by atoms with Gasteiger partial charge < -0.3 is 16.2 Å². The second kappa shape index (κ2) is 5.01. The number of rotatable bonds is 5. The number of carbonyl (C=O) groups excluding carboxylic acids is 1. The number of amides is 1. The lowest BCUT2D eigenvalue weighted by molar-refractivity contribution is -0.384. The van der Waals surface area contributed by atoms with Gasteiger partial charge in [0.25, 0.3) is 5.69 Å². The third-order valence-electron chi connectivity index (χ3n) is 2.35. The highest BCUT2D eigenvalue weighted by Gasteiger charge is 2.22. The van der Waals surface area contributed by atoms with Crippen molar-refractivity contribution in [2.75, 3.05) is 11.9 Å². The molecule has 0 heterocycles. The van der Waals surface area contributed by atoms with Gasteiger partial charge in [-0.3, -0.25) is 14.9 Å². The van der Waals surface area contributed by atoms with Crippen molar-refractivity contribution in [2.24, 2.45) is 5.73 Å². The molecule has 0 atom stereocenters. The van der Waals surface area contributed by atoms with Crippen LogP contribution in [-0.2, 0) is 0 Å². The van der Waals surface area contributed by atoms with E-state index in [0.717, 1.165) is 6.07 Å². The maximum Gasteiger partial charge on any atom is 0.293 e. The summed E-state index contributed by atoms with van der Waals surface area (Å²) in [5.41, 5.74) is 4.39. The van der Waals surface area contributed by atoms with E-state index in [2.05, 4.69) is 5.32 Å². The molecule has 7 heteroatoms. The summed E-state index contributed by atoms with van der Waals surface area (Å²) in [4.78, 5) is 21.3. The van der Waals surface area contributed by atoms with E-state index in [4.69, 9.17) is 10.8 Å². The van der Waals surface area contributed by atoms with Crippen molar-refractivity contribution in [1.82, 2.24) is 0 Å². The van der Waals surface area contributed by atoms with Gasteiger partial charge in [0.1, 0.15) is 5.69 Å². The van der Waals surface area contributed by atoms with Crippen LogP contribution in [0.25, 0.3) is 0 Å². The highest BCUT2D eigenvalue weighted by atomic mass is 16.6. The monoisotopic (exact) mass is 253 g/mol. The van der Waals surface area contributed by atoms with Crippen molar-refractivity contribution in [3.05, 3.63) is 33.9 Å². The summed E-state index contributed by atoms with van der Waals surface area (Å²) < 4.78 is 0. The quantitative estimate of drug-likeness (QED) is 0.531. The minimum Gasteiger partial charge on any atom is -0.394 e. The van der Waals surface area contributed by atoms with Crippen molar-refractivity contribution >= 4 is 17.3 Å². The Morgan fingerprint density at radius 2 is 2.17 bits per heavy atom. The highest BCUT2D eigenvalue weighted by molar-refractivity contribution is 5.94. The number of nitrogens with zero attached hydrogens (tertiary/aromatic N) is 1. The molecule has 18 heavy (non-hydrogen) atoms. The largest absolute Gasteiger partial charge is 0.394 e. The number of hydrogen-bond donors (Lipinski definition) is 3. The highest BCUT2D eigenvalue weighted by Crippen LogP contribution is 2.28. The molecule has 0 saturated heterocycles. The molecule has 1 aromatic carbocycles. The van der Waals surface area contributed by atoms with Gasteiger partial charge in [-0.25, -0.2) is 0 Å². The van der Waals surface area contributed by atoms with E-state index in [1.165, 1.54) is 12.1 Å². The molecule has 0 aliphatic heterocycles. The first kappa shape index (κ1) is 13.9. The van der Waals surface area contributed by atoms with Crippen LogP contribution in [0.3, 0.4) is 0 Å². The lowest BCUT2D eigenvalue weighted by atomic mass is 10.1. The van der Waals surface area contributed by atoms with Crippen molar-refractivity contribution < 1.29 is 14.8 Å². The Bertz CT molecular complexity index is 485. The van der Waals surface area contributed by atoms with Crippen LogP contribution in [0, 0.1) is 10.1 Å². The summed E-state index contributed by atoms with van der Waals surface area (Å²) in [5, 5.41) is 22.9. The number of aliphatic hydroxyl groups excluding tert-OH is 1. The topological polar surface area (TPSA) is 118 Å². The molecule has 0 aliphatic rings. The number of nitrogens with one attached hydrogen (secondary N) is 1. The molecule has 1 aromatic rings. The molecule has 0 bridgehead atoms. The van der Waals surface area contributed by atoms with Gasteiger partial charge in [-0.05, 0) is 26.0 Å². The molecule has 98 valence electrons. The number of anilines is 1. The maximum atomic E-state index is 11.0. The normalized spacial score (nSPS) is 11.1. The Hall–Kier alpha value is -2.15. The van der Waals surface area contributed by atoms with E-state index in [1.807, 2.05) is 0 Å². The van der Waals surface area contributed by atoms with Gasteiger partial charge in [0.2, 0.25) is 5.91 Å². The molecule has 1 rings (SSSR count). The zero-order valence-electron chi connectivity index (χ0n) is 10.1. The molecule has 0 aromatic heterocycles. The number of nitro benzene ring substituents is 1. The van der Waals surface area contributed by atoms with Gasteiger partial charge >= 0.3 is 0 Å². The minimum atomic E-state index is -0.730. The van der Waals surface area contributed by atoms with Crippen LogP contribution < -0.4 is 11.1 Å². The number of nitrogens with two attached hydrogens (primary N) is 1. The average Bonchev–Trinajstić information content (AvgIpc) is 2.28. The van der Waals surface area contributed by atoms with Gasteiger partial charge in [0.05, 0.1) is 17.1 Å². The summed E-state index contributed by atoms with van der Waals surface area (Å²) in [6.07, 6.45) is 0. The first-order chi connectivity index (χ1) is 8.26. The van der Waals surface area contributed by atoms with E-state index in [-0.39, 0.29) is 23.5 Å². The second-order valence-electron chi connectivity index (χ2n) is 4.52. The van der Waals surface area contributed by atoms with E-state index in [1.54, 1.807) is 13.8 Å². The maximum absolute atomic E-state index is 11.0. The van der Waals surface area contributed by atoms with Gasteiger partial charge in [-0.15, -0.1) is 0 Å². The molecule has 0 aliphatic carbocycles. The Morgan fingerprint density at radius 3 is 2.61 bits per heavy atom.